The summed E-state index contributed by atoms with van der Waals surface area (Å²) in [6.07, 6.45) is 0.437. The number of aliphatic hydroxyl groups excluding tert-OH is 1. The molecule has 3 heteroatoms. The van der Waals surface area contributed by atoms with Crippen molar-refractivity contribution in [3.63, 3.8) is 0 Å². The predicted octanol–water partition coefficient (Wildman–Crippen LogP) is 2.23. The van der Waals surface area contributed by atoms with Gasteiger partial charge in [0.15, 0.2) is 11.5 Å². The Morgan fingerprint density at radius 2 is 1.88 bits per heavy atom. The van der Waals surface area contributed by atoms with E-state index in [4.69, 9.17) is 9.84 Å². The highest BCUT2D eigenvalue weighted by Gasteiger charge is 2.18. The molecule has 16 heavy (non-hydrogen) atoms. The molecule has 0 fully saturated rings. The van der Waals surface area contributed by atoms with Gasteiger partial charge in [0, 0.05) is 12.2 Å². The van der Waals surface area contributed by atoms with Gasteiger partial charge in [-0.25, -0.2) is 0 Å². The molecule has 90 valence electrons. The van der Waals surface area contributed by atoms with E-state index in [-0.39, 0.29) is 17.8 Å². The van der Waals surface area contributed by atoms with Crippen LogP contribution in [0.5, 0.6) is 11.5 Å². The van der Waals surface area contributed by atoms with Gasteiger partial charge in [0.1, 0.15) is 0 Å². The second kappa shape index (κ2) is 4.74. The van der Waals surface area contributed by atoms with Crippen LogP contribution in [0.3, 0.4) is 0 Å². The molecular formula is C13H20O3. The zero-order valence-electron chi connectivity index (χ0n) is 10.4. The first-order chi connectivity index (χ1) is 7.40. The van der Waals surface area contributed by atoms with Crippen molar-refractivity contribution in [3.05, 3.63) is 23.3 Å². The lowest BCUT2D eigenvalue weighted by atomic mass is 9.85. The minimum Gasteiger partial charge on any atom is -0.504 e. The molecule has 0 saturated carbocycles. The van der Waals surface area contributed by atoms with Crippen molar-refractivity contribution in [1.29, 1.82) is 0 Å². The number of methoxy groups -OCH3 is 1. The number of ether oxygens (including phenoxy) is 1. The highest BCUT2D eigenvalue weighted by Crippen LogP contribution is 2.35. The Balaban J connectivity index is 3.28. The van der Waals surface area contributed by atoms with Gasteiger partial charge in [0.25, 0.3) is 0 Å². The first kappa shape index (κ1) is 12.8. The molecule has 0 aliphatic rings. The fourth-order valence-corrected chi connectivity index (χ4v) is 1.57. The van der Waals surface area contributed by atoms with Gasteiger partial charge in [-0.2, -0.15) is 0 Å². The van der Waals surface area contributed by atoms with E-state index in [1.807, 2.05) is 12.1 Å². The molecule has 0 radical (unpaired) electrons. The number of hydrogen-bond acceptors (Lipinski definition) is 3. The molecule has 0 saturated heterocycles. The van der Waals surface area contributed by atoms with E-state index in [0.717, 1.165) is 11.1 Å². The fourth-order valence-electron chi connectivity index (χ4n) is 1.57. The van der Waals surface area contributed by atoms with E-state index in [0.29, 0.717) is 12.2 Å². The molecule has 1 rings (SSSR count). The van der Waals surface area contributed by atoms with Crippen molar-refractivity contribution >= 4 is 0 Å². The maximum Gasteiger partial charge on any atom is 0.161 e. The second-order valence-corrected chi connectivity index (χ2v) is 4.91. The smallest absolute Gasteiger partial charge is 0.161 e. The van der Waals surface area contributed by atoms with E-state index < -0.39 is 0 Å². The van der Waals surface area contributed by atoms with Crippen LogP contribution in [0, 0.1) is 0 Å². The number of hydrogen-bond donors (Lipinski definition) is 2. The Morgan fingerprint density at radius 3 is 2.31 bits per heavy atom. The predicted molar refractivity (Wildman–Crippen MR) is 64.1 cm³/mol. The summed E-state index contributed by atoms with van der Waals surface area (Å²) >= 11 is 0. The van der Waals surface area contributed by atoms with E-state index in [1.54, 1.807) is 0 Å². The van der Waals surface area contributed by atoms with Crippen molar-refractivity contribution < 1.29 is 14.9 Å². The van der Waals surface area contributed by atoms with E-state index in [9.17, 15) is 5.11 Å². The Kier molecular flexibility index (Phi) is 3.81. The lowest BCUT2D eigenvalue weighted by Crippen LogP contribution is -2.12. The number of aromatic hydroxyl groups is 1. The van der Waals surface area contributed by atoms with Crippen LogP contribution in [0.15, 0.2) is 12.1 Å². The van der Waals surface area contributed by atoms with Gasteiger partial charge in [-0.05, 0) is 23.5 Å². The summed E-state index contributed by atoms with van der Waals surface area (Å²) in [6.45, 7) is 6.31. The SMILES string of the molecule is COc1cc(C(C)(C)C)cc(CCO)c1O. The highest BCUT2D eigenvalue weighted by atomic mass is 16.5. The molecule has 1 aromatic carbocycles. The maximum absolute atomic E-state index is 9.87. The number of aliphatic hydroxyl groups is 1. The van der Waals surface area contributed by atoms with Crippen LogP contribution < -0.4 is 4.74 Å². The van der Waals surface area contributed by atoms with Gasteiger partial charge in [-0.15, -0.1) is 0 Å². The molecule has 0 atom stereocenters. The van der Waals surface area contributed by atoms with Crippen LogP contribution in [-0.2, 0) is 11.8 Å². The quantitative estimate of drug-likeness (QED) is 0.827. The topological polar surface area (TPSA) is 49.7 Å². The number of rotatable bonds is 3. The summed E-state index contributed by atoms with van der Waals surface area (Å²) < 4.78 is 5.14. The molecule has 3 nitrogen and oxygen atoms in total. The molecule has 0 aliphatic heterocycles. The Labute approximate surface area is 96.7 Å². The normalized spacial score (nSPS) is 11.6. The molecule has 0 unspecified atom stereocenters. The van der Waals surface area contributed by atoms with Gasteiger partial charge in [-0.1, -0.05) is 26.8 Å². The zero-order chi connectivity index (χ0) is 12.3. The first-order valence-electron chi connectivity index (χ1n) is 5.41. The fraction of sp³-hybridized carbons (Fsp3) is 0.538. The summed E-state index contributed by atoms with van der Waals surface area (Å²) in [7, 11) is 1.53. The minimum absolute atomic E-state index is 0.00874. The summed E-state index contributed by atoms with van der Waals surface area (Å²) in [4.78, 5) is 0. The van der Waals surface area contributed by atoms with E-state index >= 15 is 0 Å². The standard InChI is InChI=1S/C13H20O3/c1-13(2,3)10-7-9(5-6-14)12(15)11(8-10)16-4/h7-8,14-15H,5-6H2,1-4H3. The number of benzene rings is 1. The summed E-state index contributed by atoms with van der Waals surface area (Å²) in [5.74, 6) is 0.598. The summed E-state index contributed by atoms with van der Waals surface area (Å²) in [5.41, 5.74) is 1.81. The third-order valence-corrected chi connectivity index (χ3v) is 2.62. The van der Waals surface area contributed by atoms with Crippen LogP contribution in [0.2, 0.25) is 0 Å². The van der Waals surface area contributed by atoms with Crippen molar-refractivity contribution in [1.82, 2.24) is 0 Å². The van der Waals surface area contributed by atoms with Crippen LogP contribution in [0.25, 0.3) is 0 Å². The average molecular weight is 224 g/mol. The van der Waals surface area contributed by atoms with Gasteiger partial charge in [0.2, 0.25) is 0 Å². The van der Waals surface area contributed by atoms with Crippen LogP contribution in [0.4, 0.5) is 0 Å². The molecule has 0 bridgehead atoms. The third-order valence-electron chi connectivity index (χ3n) is 2.62. The Bertz CT molecular complexity index is 364. The molecule has 1 aromatic rings. The molecule has 0 aromatic heterocycles. The Hall–Kier alpha value is -1.22. The lowest BCUT2D eigenvalue weighted by Gasteiger charge is -2.21. The second-order valence-electron chi connectivity index (χ2n) is 4.91. The van der Waals surface area contributed by atoms with Crippen molar-refractivity contribution in [2.45, 2.75) is 32.6 Å². The van der Waals surface area contributed by atoms with Crippen LogP contribution in [-0.4, -0.2) is 23.9 Å². The van der Waals surface area contributed by atoms with Crippen molar-refractivity contribution in [2.75, 3.05) is 13.7 Å². The summed E-state index contributed by atoms with van der Waals surface area (Å²) in [6, 6.07) is 3.77. The lowest BCUT2D eigenvalue weighted by molar-refractivity contribution is 0.296. The average Bonchev–Trinajstić information content (AvgIpc) is 2.19. The van der Waals surface area contributed by atoms with Crippen molar-refractivity contribution in [2.24, 2.45) is 0 Å². The van der Waals surface area contributed by atoms with Crippen molar-refractivity contribution in [3.8, 4) is 11.5 Å². The molecule has 0 spiro atoms. The highest BCUT2D eigenvalue weighted by molar-refractivity contribution is 5.50. The van der Waals surface area contributed by atoms with Crippen LogP contribution in [0.1, 0.15) is 31.9 Å². The monoisotopic (exact) mass is 224 g/mol. The van der Waals surface area contributed by atoms with Gasteiger partial charge < -0.3 is 14.9 Å². The maximum atomic E-state index is 9.87. The first-order valence-corrected chi connectivity index (χ1v) is 5.41. The van der Waals surface area contributed by atoms with E-state index in [2.05, 4.69) is 20.8 Å². The number of phenolic OH excluding ortho intramolecular Hbond substituents is 1. The van der Waals surface area contributed by atoms with Gasteiger partial charge in [-0.3, -0.25) is 0 Å². The van der Waals surface area contributed by atoms with Gasteiger partial charge >= 0.3 is 0 Å². The Morgan fingerprint density at radius 1 is 1.25 bits per heavy atom. The summed E-state index contributed by atoms with van der Waals surface area (Å²) in [5, 5.41) is 18.8. The zero-order valence-corrected chi connectivity index (χ0v) is 10.4. The van der Waals surface area contributed by atoms with Gasteiger partial charge in [0.05, 0.1) is 7.11 Å². The minimum atomic E-state index is -0.00874. The molecule has 2 N–H and O–H groups in total. The largest absolute Gasteiger partial charge is 0.504 e. The third kappa shape index (κ3) is 2.67. The number of phenols is 1. The molecule has 0 aliphatic carbocycles. The van der Waals surface area contributed by atoms with E-state index in [1.165, 1.54) is 7.11 Å². The molecule has 0 heterocycles. The molecular weight excluding hydrogens is 204 g/mol. The van der Waals surface area contributed by atoms with Crippen LogP contribution >= 0.6 is 0 Å². The molecule has 0 amide bonds.